The Bertz CT molecular complexity index is 1420. The van der Waals surface area contributed by atoms with Crippen molar-refractivity contribution in [2.45, 2.75) is 25.4 Å². The lowest BCUT2D eigenvalue weighted by molar-refractivity contribution is -0.137. The lowest BCUT2D eigenvalue weighted by Crippen LogP contribution is -2.36. The number of halogens is 4. The van der Waals surface area contributed by atoms with E-state index in [0.717, 1.165) is 73.0 Å². The molecule has 0 bridgehead atoms. The highest BCUT2D eigenvalue weighted by Gasteiger charge is 2.33. The van der Waals surface area contributed by atoms with Gasteiger partial charge in [-0.15, -0.1) is 0 Å². The van der Waals surface area contributed by atoms with Crippen molar-refractivity contribution in [2.24, 2.45) is 5.92 Å². The van der Waals surface area contributed by atoms with Crippen LogP contribution in [0.2, 0.25) is 5.02 Å². The molecule has 0 atom stereocenters. The number of para-hydroxylation sites is 1. The van der Waals surface area contributed by atoms with Gasteiger partial charge in [-0.2, -0.15) is 13.2 Å². The molecular formula is C32H29ClF3NO3. The lowest BCUT2D eigenvalue weighted by atomic mass is 9.73. The number of allylic oxidation sites excluding steroid dienone is 1. The van der Waals surface area contributed by atoms with Crippen molar-refractivity contribution in [1.82, 2.24) is 0 Å². The Kier molecular flexibility index (Phi) is 8.33. The van der Waals surface area contributed by atoms with Crippen LogP contribution in [0.15, 0.2) is 79.4 Å². The van der Waals surface area contributed by atoms with Crippen LogP contribution in [-0.4, -0.2) is 32.3 Å². The normalized spacial score (nSPS) is 16.6. The average molecular weight is 568 g/mol. The van der Waals surface area contributed by atoms with Crippen molar-refractivity contribution >= 4 is 34.4 Å². The molecule has 0 N–H and O–H groups in total. The van der Waals surface area contributed by atoms with Crippen LogP contribution in [0, 0.1) is 5.92 Å². The number of carbonyl (C=O) groups excluding carboxylic acids is 1. The van der Waals surface area contributed by atoms with Crippen LogP contribution in [0.4, 0.5) is 18.9 Å². The van der Waals surface area contributed by atoms with Gasteiger partial charge in [0.25, 0.3) is 0 Å². The van der Waals surface area contributed by atoms with E-state index < -0.39 is 17.7 Å². The molecule has 1 aliphatic carbocycles. The number of hydrogen-bond acceptors (Lipinski definition) is 4. The standard InChI is InChI=1S/C32H29ClF3NO3/c1-2-29(38)40-28-9-4-3-8-26(28)31(22-10-13-24(14-11-22)37-16-18-39-19-17-37)30(21-6-5-7-21)25-15-12-23(20-27(25)33)32(34,35)36/h2-4,8-15,20-21H,1,5-7,16-19H2/b31-30+. The first-order chi connectivity index (χ1) is 19.3. The Morgan fingerprint density at radius 1 is 1.00 bits per heavy atom. The Morgan fingerprint density at radius 3 is 2.30 bits per heavy atom. The molecule has 1 aliphatic heterocycles. The first-order valence-corrected chi connectivity index (χ1v) is 13.6. The minimum absolute atomic E-state index is 0.0275. The molecule has 1 saturated heterocycles. The fourth-order valence-corrected chi connectivity index (χ4v) is 5.48. The molecule has 0 aromatic heterocycles. The Labute approximate surface area is 236 Å². The van der Waals surface area contributed by atoms with Crippen LogP contribution < -0.4 is 9.64 Å². The summed E-state index contributed by atoms with van der Waals surface area (Å²) in [6.45, 7) is 6.40. The van der Waals surface area contributed by atoms with Gasteiger partial charge in [-0.05, 0) is 71.4 Å². The first kappa shape index (κ1) is 28.0. The number of nitrogens with zero attached hydrogens (tertiary/aromatic N) is 1. The Morgan fingerprint density at radius 2 is 1.70 bits per heavy atom. The van der Waals surface area contributed by atoms with E-state index in [2.05, 4.69) is 11.5 Å². The number of ether oxygens (including phenoxy) is 2. The molecule has 1 saturated carbocycles. The number of anilines is 1. The maximum atomic E-state index is 13.5. The summed E-state index contributed by atoms with van der Waals surface area (Å²) < 4.78 is 51.6. The zero-order valence-corrected chi connectivity index (χ0v) is 22.6. The number of alkyl halides is 3. The minimum Gasteiger partial charge on any atom is -0.423 e. The summed E-state index contributed by atoms with van der Waals surface area (Å²) in [5, 5.41) is 0.0275. The maximum Gasteiger partial charge on any atom is 0.416 e. The van der Waals surface area contributed by atoms with E-state index in [1.807, 2.05) is 36.4 Å². The van der Waals surface area contributed by atoms with Gasteiger partial charge in [0, 0.05) is 35.4 Å². The van der Waals surface area contributed by atoms with Gasteiger partial charge in [0.05, 0.1) is 18.8 Å². The molecule has 208 valence electrons. The zero-order valence-electron chi connectivity index (χ0n) is 21.8. The van der Waals surface area contributed by atoms with Crippen molar-refractivity contribution in [3.05, 3.63) is 107 Å². The predicted molar refractivity (Wildman–Crippen MR) is 151 cm³/mol. The van der Waals surface area contributed by atoms with Crippen LogP contribution >= 0.6 is 11.6 Å². The number of hydrogen-bond donors (Lipinski definition) is 0. The maximum absolute atomic E-state index is 13.5. The number of esters is 1. The second-order valence-electron chi connectivity index (χ2n) is 9.88. The molecule has 2 fully saturated rings. The summed E-state index contributed by atoms with van der Waals surface area (Å²) in [4.78, 5) is 14.5. The monoisotopic (exact) mass is 567 g/mol. The van der Waals surface area contributed by atoms with Gasteiger partial charge in [-0.3, -0.25) is 0 Å². The molecule has 5 rings (SSSR count). The fourth-order valence-electron chi connectivity index (χ4n) is 5.19. The molecular weight excluding hydrogens is 539 g/mol. The average Bonchev–Trinajstić information content (AvgIpc) is 2.93. The van der Waals surface area contributed by atoms with Crippen molar-refractivity contribution < 1.29 is 27.4 Å². The second kappa shape index (κ2) is 11.9. The highest BCUT2D eigenvalue weighted by molar-refractivity contribution is 6.33. The summed E-state index contributed by atoms with van der Waals surface area (Å²) in [5.41, 5.74) is 3.89. The van der Waals surface area contributed by atoms with E-state index in [4.69, 9.17) is 21.1 Å². The van der Waals surface area contributed by atoms with Crippen LogP contribution in [0.3, 0.4) is 0 Å². The third kappa shape index (κ3) is 5.96. The number of benzene rings is 3. The SMILES string of the molecule is C=CC(=O)Oc1ccccc1/C(=C(/c1ccc(C(F)(F)F)cc1Cl)C1CCC1)c1ccc(N2CCOCC2)cc1. The second-order valence-corrected chi connectivity index (χ2v) is 10.3. The molecule has 8 heteroatoms. The molecule has 3 aromatic carbocycles. The summed E-state index contributed by atoms with van der Waals surface area (Å²) >= 11 is 6.60. The summed E-state index contributed by atoms with van der Waals surface area (Å²) in [6, 6.07) is 18.8. The van der Waals surface area contributed by atoms with Crippen molar-refractivity contribution in [2.75, 3.05) is 31.2 Å². The van der Waals surface area contributed by atoms with Gasteiger partial charge in [0.15, 0.2) is 0 Å². The fraction of sp³-hybridized carbons (Fsp3) is 0.281. The van der Waals surface area contributed by atoms with Crippen molar-refractivity contribution in [3.63, 3.8) is 0 Å². The Hall–Kier alpha value is -3.55. The minimum atomic E-state index is -4.51. The number of carbonyl (C=O) groups is 1. The zero-order chi connectivity index (χ0) is 28.3. The first-order valence-electron chi connectivity index (χ1n) is 13.2. The highest BCUT2D eigenvalue weighted by atomic mass is 35.5. The van der Waals surface area contributed by atoms with Crippen molar-refractivity contribution in [3.8, 4) is 5.75 Å². The summed E-state index contributed by atoms with van der Waals surface area (Å²) in [7, 11) is 0. The van der Waals surface area contributed by atoms with Crippen LogP contribution in [-0.2, 0) is 15.7 Å². The van der Waals surface area contributed by atoms with Gasteiger partial charge in [-0.25, -0.2) is 4.79 Å². The van der Waals surface area contributed by atoms with Gasteiger partial charge in [-0.1, -0.05) is 61.0 Å². The molecule has 3 aromatic rings. The third-order valence-corrected chi connectivity index (χ3v) is 7.75. The lowest BCUT2D eigenvalue weighted by Gasteiger charge is -2.33. The predicted octanol–water partition coefficient (Wildman–Crippen LogP) is 8.05. The van der Waals surface area contributed by atoms with Gasteiger partial charge in [0.2, 0.25) is 0 Å². The van der Waals surface area contributed by atoms with E-state index in [1.54, 1.807) is 12.1 Å². The van der Waals surface area contributed by atoms with Crippen LogP contribution in [0.5, 0.6) is 5.75 Å². The molecule has 2 aliphatic rings. The van der Waals surface area contributed by atoms with Crippen LogP contribution in [0.1, 0.15) is 41.5 Å². The molecule has 0 amide bonds. The smallest absolute Gasteiger partial charge is 0.416 e. The van der Waals surface area contributed by atoms with Gasteiger partial charge in [0.1, 0.15) is 5.75 Å². The molecule has 1 heterocycles. The molecule has 0 radical (unpaired) electrons. The number of rotatable bonds is 7. The van der Waals surface area contributed by atoms with Crippen LogP contribution in [0.25, 0.3) is 11.1 Å². The summed E-state index contributed by atoms with van der Waals surface area (Å²) in [6.07, 6.45) is -0.668. The van der Waals surface area contributed by atoms with Crippen molar-refractivity contribution in [1.29, 1.82) is 0 Å². The van der Waals surface area contributed by atoms with Gasteiger partial charge < -0.3 is 14.4 Å². The van der Waals surface area contributed by atoms with E-state index in [9.17, 15) is 18.0 Å². The molecule has 0 unspecified atom stereocenters. The highest BCUT2D eigenvalue weighted by Crippen LogP contribution is 2.49. The topological polar surface area (TPSA) is 38.8 Å². The molecule has 4 nitrogen and oxygen atoms in total. The third-order valence-electron chi connectivity index (χ3n) is 7.44. The van der Waals surface area contributed by atoms with Gasteiger partial charge >= 0.3 is 12.1 Å². The Balaban J connectivity index is 1.73. The van der Waals surface area contributed by atoms with E-state index in [-0.39, 0.29) is 10.9 Å². The number of morpholine rings is 1. The summed E-state index contributed by atoms with van der Waals surface area (Å²) in [5.74, 6) is -0.196. The molecule has 0 spiro atoms. The quantitative estimate of drug-likeness (QED) is 0.125. The largest absolute Gasteiger partial charge is 0.423 e. The van der Waals surface area contributed by atoms with E-state index >= 15 is 0 Å². The molecule has 40 heavy (non-hydrogen) atoms. The van der Waals surface area contributed by atoms with E-state index in [0.29, 0.717) is 30.1 Å². The van der Waals surface area contributed by atoms with E-state index in [1.165, 1.54) is 6.07 Å².